The average Bonchev–Trinajstić information content (AvgIpc) is 3.05. The summed E-state index contributed by atoms with van der Waals surface area (Å²) in [6.07, 6.45) is 1.78. The zero-order valence-corrected chi connectivity index (χ0v) is 14.8. The summed E-state index contributed by atoms with van der Waals surface area (Å²) in [6.45, 7) is 4.29. The van der Waals surface area contributed by atoms with Gasteiger partial charge < -0.3 is 20.3 Å². The molecule has 1 atom stereocenters. The Morgan fingerprint density at radius 3 is 3.08 bits per heavy atom. The molecule has 26 heavy (non-hydrogen) atoms. The maximum atomic E-state index is 13.0. The molecule has 2 aromatic rings. The molecule has 8 nitrogen and oxygen atoms in total. The Labute approximate surface area is 151 Å². The number of nitrogens with one attached hydrogen (secondary N) is 2. The quantitative estimate of drug-likeness (QED) is 0.793. The van der Waals surface area contributed by atoms with Crippen molar-refractivity contribution in [3.63, 3.8) is 0 Å². The number of hydrogen-bond donors (Lipinski definition) is 2. The molecule has 1 aromatic carbocycles. The Kier molecular flexibility index (Phi) is 3.91. The number of fused-ring (bicyclic) bond motifs is 2. The second kappa shape index (κ2) is 6.14. The van der Waals surface area contributed by atoms with E-state index in [9.17, 15) is 9.59 Å². The fourth-order valence-corrected chi connectivity index (χ4v) is 3.37. The van der Waals surface area contributed by atoms with E-state index < -0.39 is 17.4 Å². The van der Waals surface area contributed by atoms with Gasteiger partial charge in [-0.05, 0) is 19.1 Å². The van der Waals surface area contributed by atoms with Crippen LogP contribution in [0.5, 0.6) is 5.75 Å². The number of carbonyl (C=O) groups is 2. The fourth-order valence-electron chi connectivity index (χ4n) is 3.37. The van der Waals surface area contributed by atoms with E-state index in [4.69, 9.17) is 4.74 Å². The van der Waals surface area contributed by atoms with Crippen LogP contribution in [0.1, 0.15) is 18.2 Å². The normalized spacial score (nSPS) is 21.2. The maximum absolute atomic E-state index is 13.0. The van der Waals surface area contributed by atoms with Crippen LogP contribution < -0.4 is 15.4 Å². The lowest BCUT2D eigenvalue weighted by molar-refractivity contribution is -0.154. The van der Waals surface area contributed by atoms with E-state index in [1.165, 1.54) is 11.8 Å². The fraction of sp³-hybridized carbons (Fsp3) is 0.389. The highest BCUT2D eigenvalue weighted by Crippen LogP contribution is 2.34. The van der Waals surface area contributed by atoms with Crippen LogP contribution >= 0.6 is 0 Å². The van der Waals surface area contributed by atoms with E-state index in [2.05, 4.69) is 15.7 Å². The molecule has 0 fully saturated rings. The van der Waals surface area contributed by atoms with Gasteiger partial charge in [-0.1, -0.05) is 12.1 Å². The molecule has 4 rings (SSSR count). The van der Waals surface area contributed by atoms with E-state index in [-0.39, 0.29) is 0 Å². The molecular formula is C18H21N5O3. The van der Waals surface area contributed by atoms with Gasteiger partial charge in [-0.2, -0.15) is 5.10 Å². The van der Waals surface area contributed by atoms with E-state index in [1.54, 1.807) is 37.5 Å². The van der Waals surface area contributed by atoms with Crippen LogP contribution in [0.15, 0.2) is 30.5 Å². The molecular weight excluding hydrogens is 334 g/mol. The number of aromatic nitrogens is 2. The highest BCUT2D eigenvalue weighted by Gasteiger charge is 2.48. The smallest absolute Gasteiger partial charge is 0.278 e. The SMILES string of the molecule is CN(Cc1cnn2c1CNCC2)C(=O)C1(C)Oc2ccccc2NC1=O. The number of ether oxygens (including phenoxy) is 1. The first-order chi connectivity index (χ1) is 12.5. The molecule has 1 unspecified atom stereocenters. The number of amides is 2. The van der Waals surface area contributed by atoms with Crippen LogP contribution in [0.4, 0.5) is 5.69 Å². The molecule has 0 spiro atoms. The van der Waals surface area contributed by atoms with Gasteiger partial charge in [0.1, 0.15) is 5.75 Å². The minimum absolute atomic E-state index is 0.365. The molecule has 0 saturated heterocycles. The van der Waals surface area contributed by atoms with E-state index in [1.807, 2.05) is 4.68 Å². The summed E-state index contributed by atoms with van der Waals surface area (Å²) in [7, 11) is 1.67. The number of carbonyl (C=O) groups excluding carboxylic acids is 2. The van der Waals surface area contributed by atoms with Gasteiger partial charge in [0, 0.05) is 32.2 Å². The molecule has 2 amide bonds. The summed E-state index contributed by atoms with van der Waals surface area (Å²) in [4.78, 5) is 27.1. The molecule has 0 bridgehead atoms. The van der Waals surface area contributed by atoms with Gasteiger partial charge in [0.15, 0.2) is 0 Å². The van der Waals surface area contributed by atoms with Crippen LogP contribution in [0, 0.1) is 0 Å². The zero-order valence-electron chi connectivity index (χ0n) is 14.8. The first kappa shape index (κ1) is 16.6. The summed E-state index contributed by atoms with van der Waals surface area (Å²) in [6, 6.07) is 7.08. The lowest BCUT2D eigenvalue weighted by Crippen LogP contribution is -2.58. The summed E-state index contributed by atoms with van der Waals surface area (Å²) in [5, 5.41) is 10.4. The molecule has 136 valence electrons. The third-order valence-electron chi connectivity index (χ3n) is 4.87. The number of nitrogens with zero attached hydrogens (tertiary/aromatic N) is 3. The molecule has 2 aliphatic rings. The van der Waals surface area contributed by atoms with Crippen molar-refractivity contribution in [3.8, 4) is 5.75 Å². The Hall–Kier alpha value is -2.87. The number of para-hydroxylation sites is 2. The number of benzene rings is 1. The Morgan fingerprint density at radius 1 is 1.42 bits per heavy atom. The van der Waals surface area contributed by atoms with E-state index in [0.717, 1.165) is 30.9 Å². The molecule has 2 aliphatic heterocycles. The number of likely N-dealkylation sites (N-methyl/N-ethyl adjacent to an activating group) is 1. The Balaban J connectivity index is 1.55. The van der Waals surface area contributed by atoms with Crippen LogP contribution in [-0.2, 0) is 29.2 Å². The first-order valence-corrected chi connectivity index (χ1v) is 8.58. The highest BCUT2D eigenvalue weighted by atomic mass is 16.5. The van der Waals surface area contributed by atoms with Gasteiger partial charge in [-0.25, -0.2) is 0 Å². The average molecular weight is 355 g/mol. The van der Waals surface area contributed by atoms with Crippen molar-refractivity contribution in [2.24, 2.45) is 0 Å². The lowest BCUT2D eigenvalue weighted by Gasteiger charge is -2.35. The van der Waals surface area contributed by atoms with Gasteiger partial charge in [0.25, 0.3) is 17.4 Å². The van der Waals surface area contributed by atoms with Gasteiger partial charge in [-0.15, -0.1) is 0 Å². The molecule has 8 heteroatoms. The second-order valence-corrected chi connectivity index (χ2v) is 6.76. The van der Waals surface area contributed by atoms with Crippen molar-refractivity contribution < 1.29 is 14.3 Å². The predicted molar refractivity (Wildman–Crippen MR) is 94.5 cm³/mol. The first-order valence-electron chi connectivity index (χ1n) is 8.58. The van der Waals surface area contributed by atoms with Crippen molar-refractivity contribution in [2.45, 2.75) is 32.2 Å². The third-order valence-corrected chi connectivity index (χ3v) is 4.87. The second-order valence-electron chi connectivity index (χ2n) is 6.76. The van der Waals surface area contributed by atoms with Crippen LogP contribution in [-0.4, -0.2) is 45.7 Å². The van der Waals surface area contributed by atoms with Gasteiger partial charge in [0.05, 0.1) is 24.1 Å². The minimum Gasteiger partial charge on any atom is -0.466 e. The van der Waals surface area contributed by atoms with Crippen molar-refractivity contribution in [1.29, 1.82) is 0 Å². The van der Waals surface area contributed by atoms with Crippen LogP contribution in [0.2, 0.25) is 0 Å². The number of anilines is 1. The lowest BCUT2D eigenvalue weighted by atomic mass is 10.0. The van der Waals surface area contributed by atoms with Crippen molar-refractivity contribution >= 4 is 17.5 Å². The van der Waals surface area contributed by atoms with Gasteiger partial charge in [0.2, 0.25) is 0 Å². The maximum Gasteiger partial charge on any atom is 0.278 e. The van der Waals surface area contributed by atoms with E-state index in [0.29, 0.717) is 18.0 Å². The molecule has 3 heterocycles. The molecule has 0 aliphatic carbocycles. The minimum atomic E-state index is -1.60. The summed E-state index contributed by atoms with van der Waals surface area (Å²) >= 11 is 0. The molecule has 2 N–H and O–H groups in total. The number of rotatable bonds is 3. The Morgan fingerprint density at radius 2 is 2.23 bits per heavy atom. The van der Waals surface area contributed by atoms with Gasteiger partial charge in [-0.3, -0.25) is 14.3 Å². The summed E-state index contributed by atoms with van der Waals surface area (Å²) in [5.74, 6) is -0.372. The summed E-state index contributed by atoms with van der Waals surface area (Å²) in [5.41, 5.74) is 1.00. The molecule has 0 saturated carbocycles. The van der Waals surface area contributed by atoms with Crippen molar-refractivity contribution in [2.75, 3.05) is 18.9 Å². The molecule has 1 aromatic heterocycles. The largest absolute Gasteiger partial charge is 0.466 e. The topological polar surface area (TPSA) is 88.5 Å². The predicted octanol–water partition coefficient (Wildman–Crippen LogP) is 0.734. The zero-order chi connectivity index (χ0) is 18.3. The molecule has 0 radical (unpaired) electrons. The third kappa shape index (κ3) is 2.62. The Bertz CT molecular complexity index is 877. The van der Waals surface area contributed by atoms with Gasteiger partial charge >= 0.3 is 0 Å². The monoisotopic (exact) mass is 355 g/mol. The highest BCUT2D eigenvalue weighted by molar-refractivity contribution is 6.15. The van der Waals surface area contributed by atoms with Crippen molar-refractivity contribution in [1.82, 2.24) is 20.0 Å². The van der Waals surface area contributed by atoms with Crippen molar-refractivity contribution in [3.05, 3.63) is 41.7 Å². The summed E-state index contributed by atoms with van der Waals surface area (Å²) < 4.78 is 7.76. The van der Waals surface area contributed by atoms with Crippen LogP contribution in [0.25, 0.3) is 0 Å². The van der Waals surface area contributed by atoms with E-state index >= 15 is 0 Å². The van der Waals surface area contributed by atoms with Crippen LogP contribution in [0.3, 0.4) is 0 Å². The standard InChI is InChI=1S/C18H21N5O3/c1-18(16(24)21-13-5-3-4-6-15(13)26-18)17(25)22(2)11-12-9-20-23-8-7-19-10-14(12)23/h3-6,9,19H,7-8,10-11H2,1-2H3,(H,21,24). The number of hydrogen-bond acceptors (Lipinski definition) is 5.